The monoisotopic (exact) mass is 400 g/mol. The molecule has 0 radical (unpaired) electrons. The summed E-state index contributed by atoms with van der Waals surface area (Å²) < 4.78 is 41.9. The van der Waals surface area contributed by atoms with Crippen LogP contribution in [-0.2, 0) is 4.79 Å². The van der Waals surface area contributed by atoms with Crippen molar-refractivity contribution in [3.8, 4) is 22.8 Å². The van der Waals surface area contributed by atoms with Gasteiger partial charge in [-0.2, -0.15) is 0 Å². The standard InChI is InChI=1S/C18H11F3N6O2/c19-18(20,21)29-15-8-6-14(7-9-15)27-11-23-17(25-27)13-4-1-12(2-5-13)3-10-16(28)24-26-22/h1-11H. The van der Waals surface area contributed by atoms with Crippen LogP contribution in [0.15, 0.2) is 66.0 Å². The predicted molar refractivity (Wildman–Crippen MR) is 96.7 cm³/mol. The number of amides is 1. The molecule has 0 spiro atoms. The molecule has 0 atom stereocenters. The zero-order valence-corrected chi connectivity index (χ0v) is 14.5. The maximum absolute atomic E-state index is 12.2. The van der Waals surface area contributed by atoms with Gasteiger partial charge in [-0.15, -0.1) is 18.3 Å². The summed E-state index contributed by atoms with van der Waals surface area (Å²) in [6.45, 7) is 0. The van der Waals surface area contributed by atoms with Crippen molar-refractivity contribution in [3.63, 3.8) is 0 Å². The van der Waals surface area contributed by atoms with Crippen molar-refractivity contribution in [1.82, 2.24) is 14.8 Å². The van der Waals surface area contributed by atoms with Gasteiger partial charge in [-0.05, 0) is 46.6 Å². The number of carbonyl (C=O) groups is 1. The van der Waals surface area contributed by atoms with Gasteiger partial charge in [-0.25, -0.2) is 9.67 Å². The van der Waals surface area contributed by atoms with Crippen LogP contribution < -0.4 is 4.74 Å². The van der Waals surface area contributed by atoms with Gasteiger partial charge < -0.3 is 4.74 Å². The molecule has 1 heterocycles. The van der Waals surface area contributed by atoms with Crippen LogP contribution in [0.25, 0.3) is 33.6 Å². The molecule has 0 aliphatic heterocycles. The number of carbonyl (C=O) groups excluding carboxylic acids is 1. The molecule has 3 rings (SSSR count). The van der Waals surface area contributed by atoms with E-state index in [9.17, 15) is 18.0 Å². The molecule has 8 nitrogen and oxygen atoms in total. The molecule has 0 N–H and O–H groups in total. The van der Waals surface area contributed by atoms with Crippen LogP contribution in [0, 0.1) is 0 Å². The number of hydrogen-bond acceptors (Lipinski definition) is 4. The molecule has 1 aromatic heterocycles. The van der Waals surface area contributed by atoms with Gasteiger partial charge in [0.05, 0.1) is 5.69 Å². The summed E-state index contributed by atoms with van der Waals surface area (Å²) in [4.78, 5) is 17.7. The van der Waals surface area contributed by atoms with Crippen molar-refractivity contribution in [1.29, 1.82) is 0 Å². The third-order valence-corrected chi connectivity index (χ3v) is 3.56. The van der Waals surface area contributed by atoms with E-state index in [0.717, 1.165) is 6.08 Å². The molecule has 11 heteroatoms. The molecule has 2 aromatic carbocycles. The minimum absolute atomic E-state index is 0.329. The Balaban J connectivity index is 1.73. The third-order valence-electron chi connectivity index (χ3n) is 3.56. The highest BCUT2D eigenvalue weighted by Crippen LogP contribution is 2.24. The van der Waals surface area contributed by atoms with Gasteiger partial charge in [-0.3, -0.25) is 4.79 Å². The summed E-state index contributed by atoms with van der Waals surface area (Å²) in [7, 11) is 0. The summed E-state index contributed by atoms with van der Waals surface area (Å²) in [6, 6.07) is 12.1. The maximum atomic E-state index is 12.2. The maximum Gasteiger partial charge on any atom is 0.573 e. The molecular weight excluding hydrogens is 389 g/mol. The van der Waals surface area contributed by atoms with E-state index in [1.54, 1.807) is 24.3 Å². The SMILES string of the molecule is [N-]=[N+]=NC(=O)C=Cc1ccc(-c2ncn(-c3ccc(OC(F)(F)F)cc3)n2)cc1. The van der Waals surface area contributed by atoms with Crippen molar-refractivity contribution in [2.24, 2.45) is 5.11 Å². The normalized spacial score (nSPS) is 11.3. The van der Waals surface area contributed by atoms with Gasteiger partial charge in [0.25, 0.3) is 0 Å². The van der Waals surface area contributed by atoms with Gasteiger partial charge in [0.1, 0.15) is 12.1 Å². The molecule has 0 aliphatic carbocycles. The molecule has 1 amide bonds. The fourth-order valence-electron chi connectivity index (χ4n) is 2.31. The number of rotatable bonds is 5. The van der Waals surface area contributed by atoms with E-state index in [-0.39, 0.29) is 5.75 Å². The Morgan fingerprint density at radius 1 is 1.14 bits per heavy atom. The Morgan fingerprint density at radius 3 is 2.45 bits per heavy atom. The van der Waals surface area contributed by atoms with E-state index < -0.39 is 12.3 Å². The van der Waals surface area contributed by atoms with Gasteiger partial charge in [0.2, 0.25) is 5.91 Å². The molecule has 0 bridgehead atoms. The summed E-state index contributed by atoms with van der Waals surface area (Å²) in [6.07, 6.45) is -0.675. The molecule has 0 unspecified atom stereocenters. The van der Waals surface area contributed by atoms with Crippen molar-refractivity contribution < 1.29 is 22.7 Å². The van der Waals surface area contributed by atoms with E-state index in [2.05, 4.69) is 24.8 Å². The highest BCUT2D eigenvalue weighted by Gasteiger charge is 2.30. The van der Waals surface area contributed by atoms with E-state index in [0.29, 0.717) is 22.6 Å². The summed E-state index contributed by atoms with van der Waals surface area (Å²) in [5.41, 5.74) is 10.1. The quantitative estimate of drug-likeness (QED) is 0.268. The van der Waals surface area contributed by atoms with Crippen LogP contribution in [-0.4, -0.2) is 27.0 Å². The largest absolute Gasteiger partial charge is 0.573 e. The van der Waals surface area contributed by atoms with Crippen molar-refractivity contribution in [2.45, 2.75) is 6.36 Å². The number of halogens is 3. The van der Waals surface area contributed by atoms with Crippen molar-refractivity contribution in [2.75, 3.05) is 0 Å². The highest BCUT2D eigenvalue weighted by atomic mass is 19.4. The lowest BCUT2D eigenvalue weighted by molar-refractivity contribution is -0.274. The Labute approximate surface area is 161 Å². The molecule has 0 fully saturated rings. The number of hydrogen-bond donors (Lipinski definition) is 0. The average Bonchev–Trinajstić information content (AvgIpc) is 3.16. The number of azide groups is 1. The topological polar surface area (TPSA) is 106 Å². The zero-order valence-electron chi connectivity index (χ0n) is 14.5. The van der Waals surface area contributed by atoms with Crippen LogP contribution in [0.2, 0.25) is 0 Å². The first-order chi connectivity index (χ1) is 13.8. The third kappa shape index (κ3) is 5.44. The minimum Gasteiger partial charge on any atom is -0.406 e. The summed E-state index contributed by atoms with van der Waals surface area (Å²) in [5, 5.41) is 7.23. The number of benzene rings is 2. The fourth-order valence-corrected chi connectivity index (χ4v) is 2.31. The highest BCUT2D eigenvalue weighted by molar-refractivity contribution is 5.92. The first kappa shape index (κ1) is 19.6. The lowest BCUT2D eigenvalue weighted by Gasteiger charge is -2.09. The van der Waals surface area contributed by atoms with Crippen LogP contribution >= 0.6 is 0 Å². The van der Waals surface area contributed by atoms with Gasteiger partial charge in [0.15, 0.2) is 5.82 Å². The summed E-state index contributed by atoms with van der Waals surface area (Å²) in [5.74, 6) is -0.630. The lowest BCUT2D eigenvalue weighted by atomic mass is 10.1. The van der Waals surface area contributed by atoms with E-state index in [1.165, 1.54) is 41.4 Å². The molecule has 29 heavy (non-hydrogen) atoms. The Morgan fingerprint density at radius 2 is 1.83 bits per heavy atom. The Bertz CT molecular complexity index is 1080. The molecule has 0 saturated heterocycles. The Kier molecular flexibility index (Phi) is 5.61. The van der Waals surface area contributed by atoms with E-state index in [1.807, 2.05) is 0 Å². The van der Waals surface area contributed by atoms with E-state index >= 15 is 0 Å². The second-order valence-electron chi connectivity index (χ2n) is 5.54. The van der Waals surface area contributed by atoms with Crippen molar-refractivity contribution in [3.05, 3.63) is 76.9 Å². The Hall–Kier alpha value is -4.11. The molecule has 3 aromatic rings. The fraction of sp³-hybridized carbons (Fsp3) is 0.0556. The van der Waals surface area contributed by atoms with Crippen LogP contribution in [0.5, 0.6) is 5.75 Å². The zero-order chi connectivity index (χ0) is 20.9. The van der Waals surface area contributed by atoms with E-state index in [4.69, 9.17) is 5.53 Å². The first-order valence-corrected chi connectivity index (χ1v) is 7.99. The second-order valence-corrected chi connectivity index (χ2v) is 5.54. The van der Waals surface area contributed by atoms with Gasteiger partial charge in [0, 0.05) is 10.5 Å². The molecule has 0 aliphatic rings. The lowest BCUT2D eigenvalue weighted by Crippen LogP contribution is -2.17. The second kappa shape index (κ2) is 8.28. The minimum atomic E-state index is -4.75. The number of nitrogens with zero attached hydrogens (tertiary/aromatic N) is 6. The smallest absolute Gasteiger partial charge is 0.406 e. The van der Waals surface area contributed by atoms with Gasteiger partial charge in [-0.1, -0.05) is 30.3 Å². The number of aromatic nitrogens is 3. The molecule has 146 valence electrons. The molecule has 0 saturated carbocycles. The van der Waals surface area contributed by atoms with Gasteiger partial charge >= 0.3 is 6.36 Å². The predicted octanol–water partition coefficient (Wildman–Crippen LogP) is 4.68. The van der Waals surface area contributed by atoms with Crippen LogP contribution in [0.3, 0.4) is 0 Å². The average molecular weight is 400 g/mol. The van der Waals surface area contributed by atoms with Crippen LogP contribution in [0.4, 0.5) is 13.2 Å². The molecular formula is C18H11F3N6O2. The van der Waals surface area contributed by atoms with Crippen molar-refractivity contribution >= 4 is 12.0 Å². The van der Waals surface area contributed by atoms with Crippen LogP contribution in [0.1, 0.15) is 5.56 Å². The first-order valence-electron chi connectivity index (χ1n) is 7.99. The summed E-state index contributed by atoms with van der Waals surface area (Å²) >= 11 is 0. The number of ether oxygens (including phenoxy) is 1. The number of alkyl halides is 3.